The number of hydrogen-bond donors (Lipinski definition) is 1. The summed E-state index contributed by atoms with van der Waals surface area (Å²) in [7, 11) is 0. The SMILES string of the molecule is CCOc1ccccc1NC(=O)COC(=O)Cc1csc(COc2ccc(C)cc2)n1. The maximum absolute atomic E-state index is 12.1. The lowest BCUT2D eigenvalue weighted by Gasteiger charge is -2.11. The average Bonchev–Trinajstić information content (AvgIpc) is 3.21. The molecule has 3 aromatic rings. The van der Waals surface area contributed by atoms with E-state index in [0.717, 1.165) is 16.3 Å². The van der Waals surface area contributed by atoms with Crippen LogP contribution in [-0.4, -0.2) is 30.1 Å². The topological polar surface area (TPSA) is 86.8 Å². The number of thiazole rings is 1. The molecule has 0 fully saturated rings. The molecule has 2 aromatic carbocycles. The minimum Gasteiger partial charge on any atom is -0.492 e. The highest BCUT2D eigenvalue weighted by molar-refractivity contribution is 7.09. The second kappa shape index (κ2) is 11.1. The molecule has 0 bridgehead atoms. The second-order valence-corrected chi connectivity index (χ2v) is 7.59. The average molecular weight is 441 g/mol. The number of amides is 1. The van der Waals surface area contributed by atoms with Crippen molar-refractivity contribution in [3.05, 3.63) is 70.2 Å². The molecule has 0 atom stereocenters. The third kappa shape index (κ3) is 7.11. The molecule has 1 N–H and O–H groups in total. The first kappa shape index (κ1) is 22.3. The molecule has 0 saturated heterocycles. The molecule has 31 heavy (non-hydrogen) atoms. The number of hydrogen-bond acceptors (Lipinski definition) is 7. The standard InChI is InChI=1S/C23H24N2O5S/c1-3-28-20-7-5-4-6-19(20)25-21(26)13-30-23(27)12-17-15-31-22(24-17)14-29-18-10-8-16(2)9-11-18/h4-11,15H,3,12-14H2,1-2H3,(H,25,26). The number of esters is 1. The Bertz CT molecular complexity index is 1020. The van der Waals surface area contributed by atoms with Crippen LogP contribution in [0.25, 0.3) is 0 Å². The van der Waals surface area contributed by atoms with Crippen molar-refractivity contribution in [1.82, 2.24) is 4.98 Å². The Morgan fingerprint density at radius 3 is 2.61 bits per heavy atom. The molecule has 1 aromatic heterocycles. The molecule has 0 radical (unpaired) electrons. The summed E-state index contributed by atoms with van der Waals surface area (Å²) in [5.41, 5.74) is 2.28. The Labute approximate surface area is 185 Å². The molecule has 0 aliphatic carbocycles. The predicted octanol–water partition coefficient (Wildman–Crippen LogP) is 4.15. The fraction of sp³-hybridized carbons (Fsp3) is 0.261. The minimum atomic E-state index is -0.524. The predicted molar refractivity (Wildman–Crippen MR) is 119 cm³/mol. The van der Waals surface area contributed by atoms with E-state index < -0.39 is 11.9 Å². The van der Waals surface area contributed by atoms with E-state index in [4.69, 9.17) is 14.2 Å². The number of anilines is 1. The van der Waals surface area contributed by atoms with Crippen molar-refractivity contribution in [2.75, 3.05) is 18.5 Å². The molecular formula is C23H24N2O5S. The highest BCUT2D eigenvalue weighted by atomic mass is 32.1. The summed E-state index contributed by atoms with van der Waals surface area (Å²) < 4.78 is 16.2. The van der Waals surface area contributed by atoms with Gasteiger partial charge in [0, 0.05) is 5.38 Å². The van der Waals surface area contributed by atoms with Crippen molar-refractivity contribution >= 4 is 28.9 Å². The van der Waals surface area contributed by atoms with Gasteiger partial charge in [0.25, 0.3) is 5.91 Å². The van der Waals surface area contributed by atoms with Crippen molar-refractivity contribution in [3.8, 4) is 11.5 Å². The molecule has 0 unspecified atom stereocenters. The number of para-hydroxylation sites is 2. The van der Waals surface area contributed by atoms with Crippen molar-refractivity contribution in [2.45, 2.75) is 26.9 Å². The molecule has 0 aliphatic heterocycles. The van der Waals surface area contributed by atoms with Gasteiger partial charge in [0.05, 0.1) is 24.4 Å². The zero-order valence-corrected chi connectivity index (χ0v) is 18.2. The van der Waals surface area contributed by atoms with E-state index in [2.05, 4.69) is 10.3 Å². The normalized spacial score (nSPS) is 10.4. The van der Waals surface area contributed by atoms with Crippen LogP contribution in [0, 0.1) is 6.92 Å². The number of carbonyl (C=O) groups excluding carboxylic acids is 2. The number of nitrogens with one attached hydrogen (secondary N) is 1. The summed E-state index contributed by atoms with van der Waals surface area (Å²) >= 11 is 1.41. The molecule has 7 nitrogen and oxygen atoms in total. The minimum absolute atomic E-state index is 0.0101. The Morgan fingerprint density at radius 1 is 1.06 bits per heavy atom. The van der Waals surface area contributed by atoms with E-state index >= 15 is 0 Å². The molecule has 1 heterocycles. The highest BCUT2D eigenvalue weighted by Gasteiger charge is 2.13. The summed E-state index contributed by atoms with van der Waals surface area (Å²) in [5, 5.41) is 5.23. The van der Waals surface area contributed by atoms with Gasteiger partial charge in [-0.15, -0.1) is 11.3 Å². The van der Waals surface area contributed by atoms with Gasteiger partial charge in [-0.3, -0.25) is 9.59 Å². The van der Waals surface area contributed by atoms with Gasteiger partial charge in [-0.05, 0) is 38.1 Å². The lowest BCUT2D eigenvalue weighted by Crippen LogP contribution is -2.22. The van der Waals surface area contributed by atoms with Crippen LogP contribution in [0.3, 0.4) is 0 Å². The van der Waals surface area contributed by atoms with Gasteiger partial charge < -0.3 is 19.5 Å². The molecule has 1 amide bonds. The number of carbonyl (C=O) groups is 2. The number of aryl methyl sites for hydroxylation is 1. The number of rotatable bonds is 10. The summed E-state index contributed by atoms with van der Waals surface area (Å²) in [4.78, 5) is 28.5. The summed E-state index contributed by atoms with van der Waals surface area (Å²) in [5.74, 6) is 0.363. The van der Waals surface area contributed by atoms with E-state index in [1.807, 2.05) is 44.2 Å². The van der Waals surface area contributed by atoms with Gasteiger partial charge in [0.1, 0.15) is 23.1 Å². The number of benzene rings is 2. The Kier molecular flexibility index (Phi) is 8.00. The number of ether oxygens (including phenoxy) is 3. The van der Waals surface area contributed by atoms with Crippen molar-refractivity contribution in [2.24, 2.45) is 0 Å². The smallest absolute Gasteiger partial charge is 0.312 e. The van der Waals surface area contributed by atoms with Gasteiger partial charge >= 0.3 is 5.97 Å². The Morgan fingerprint density at radius 2 is 1.84 bits per heavy atom. The van der Waals surface area contributed by atoms with Gasteiger partial charge in [-0.2, -0.15) is 0 Å². The monoisotopic (exact) mass is 440 g/mol. The fourth-order valence-electron chi connectivity index (χ4n) is 2.66. The summed E-state index contributed by atoms with van der Waals surface area (Å²) in [6.45, 7) is 4.29. The molecule has 0 aliphatic rings. The zero-order valence-electron chi connectivity index (χ0n) is 17.4. The zero-order chi connectivity index (χ0) is 22.1. The van der Waals surface area contributed by atoms with E-state index in [1.165, 1.54) is 11.3 Å². The summed E-state index contributed by atoms with van der Waals surface area (Å²) in [6, 6.07) is 14.8. The quantitative estimate of drug-likeness (QED) is 0.477. The Hall–Kier alpha value is -3.39. The van der Waals surface area contributed by atoms with Crippen LogP contribution in [0.1, 0.15) is 23.2 Å². The first-order valence-corrected chi connectivity index (χ1v) is 10.7. The van der Waals surface area contributed by atoms with E-state index in [9.17, 15) is 9.59 Å². The summed E-state index contributed by atoms with van der Waals surface area (Å²) in [6.07, 6.45) is -0.0101. The van der Waals surface area contributed by atoms with E-state index in [-0.39, 0.29) is 13.0 Å². The van der Waals surface area contributed by atoms with Crippen molar-refractivity contribution < 1.29 is 23.8 Å². The lowest BCUT2D eigenvalue weighted by molar-refractivity contribution is -0.146. The van der Waals surface area contributed by atoms with Crippen molar-refractivity contribution in [1.29, 1.82) is 0 Å². The molecule has 0 spiro atoms. The van der Waals surface area contributed by atoms with Crippen LogP contribution in [-0.2, 0) is 27.4 Å². The van der Waals surface area contributed by atoms with Crippen LogP contribution in [0.4, 0.5) is 5.69 Å². The maximum atomic E-state index is 12.1. The second-order valence-electron chi connectivity index (χ2n) is 6.65. The molecule has 162 valence electrons. The van der Waals surface area contributed by atoms with Gasteiger partial charge in [-0.1, -0.05) is 29.8 Å². The third-order valence-electron chi connectivity index (χ3n) is 4.13. The molecule has 8 heteroatoms. The highest BCUT2D eigenvalue weighted by Crippen LogP contribution is 2.23. The van der Waals surface area contributed by atoms with Crippen LogP contribution >= 0.6 is 11.3 Å². The maximum Gasteiger partial charge on any atom is 0.312 e. The van der Waals surface area contributed by atoms with Gasteiger partial charge in [0.2, 0.25) is 0 Å². The first-order valence-electron chi connectivity index (χ1n) is 9.83. The number of aromatic nitrogens is 1. The van der Waals surface area contributed by atoms with E-state index in [1.54, 1.807) is 23.6 Å². The van der Waals surface area contributed by atoms with Crippen LogP contribution < -0.4 is 14.8 Å². The van der Waals surface area contributed by atoms with Gasteiger partial charge in [-0.25, -0.2) is 4.98 Å². The van der Waals surface area contributed by atoms with Crippen LogP contribution in [0.15, 0.2) is 53.9 Å². The van der Waals surface area contributed by atoms with Crippen LogP contribution in [0.2, 0.25) is 0 Å². The van der Waals surface area contributed by atoms with Crippen LogP contribution in [0.5, 0.6) is 11.5 Å². The third-order valence-corrected chi connectivity index (χ3v) is 5.00. The van der Waals surface area contributed by atoms with Crippen molar-refractivity contribution in [3.63, 3.8) is 0 Å². The lowest BCUT2D eigenvalue weighted by atomic mass is 10.2. The molecule has 3 rings (SSSR count). The number of nitrogens with zero attached hydrogens (tertiary/aromatic N) is 1. The fourth-order valence-corrected chi connectivity index (χ4v) is 3.36. The molecular weight excluding hydrogens is 416 g/mol. The first-order chi connectivity index (χ1) is 15.0. The van der Waals surface area contributed by atoms with Gasteiger partial charge in [0.15, 0.2) is 6.61 Å². The molecule has 0 saturated carbocycles. The Balaban J connectivity index is 1.42. The largest absolute Gasteiger partial charge is 0.492 e. The van der Waals surface area contributed by atoms with E-state index in [0.29, 0.717) is 30.3 Å².